The van der Waals surface area contributed by atoms with Gasteiger partial charge in [0, 0.05) is 8.77 Å². The molecule has 19 heavy (non-hydrogen) atoms. The first-order chi connectivity index (χ1) is 7.95. The summed E-state index contributed by atoms with van der Waals surface area (Å²) in [5, 5.41) is 0. The van der Waals surface area contributed by atoms with Crippen LogP contribution < -0.4 is 0 Å². The van der Waals surface area contributed by atoms with Crippen LogP contribution in [-0.2, 0) is 51.8 Å². The van der Waals surface area contributed by atoms with Crippen LogP contribution in [0.3, 0.4) is 0 Å². The van der Waals surface area contributed by atoms with Crippen LogP contribution in [0.2, 0.25) is 0 Å². The fraction of sp³-hybridized carbons (Fsp3) is 0.833. The molecule has 0 atom stereocenters. The molecule has 0 bridgehead atoms. The van der Waals surface area contributed by atoms with Gasteiger partial charge in [0.05, 0.1) is 0 Å². The van der Waals surface area contributed by atoms with E-state index in [9.17, 15) is 0 Å². The van der Waals surface area contributed by atoms with Gasteiger partial charge in [0.25, 0.3) is 0 Å². The van der Waals surface area contributed by atoms with E-state index < -0.39 is 0 Å². The first-order valence-corrected chi connectivity index (χ1v) is 7.39. The Kier molecular flexibility index (Phi) is 14.8. The second-order valence-corrected chi connectivity index (χ2v) is 6.93. The molecule has 0 aromatic carbocycles. The summed E-state index contributed by atoms with van der Waals surface area (Å²) in [6.45, 7) is 11.9. The van der Waals surface area contributed by atoms with E-state index in [4.69, 9.17) is 9.47 Å². The van der Waals surface area contributed by atoms with Crippen LogP contribution in [0, 0.1) is 0 Å². The van der Waals surface area contributed by atoms with Gasteiger partial charge in [-0.25, -0.2) is 0 Å². The van der Waals surface area contributed by atoms with Gasteiger partial charge in [-0.05, 0) is 40.5 Å². The molecule has 0 aliphatic carbocycles. The normalized spacial score (nSPS) is 10.4. The van der Waals surface area contributed by atoms with Crippen molar-refractivity contribution in [3.05, 3.63) is 0 Å². The molecule has 0 rings (SSSR count). The van der Waals surface area contributed by atoms with Crippen LogP contribution in [0.1, 0.15) is 54.4 Å². The molecule has 2 nitrogen and oxygen atoms in total. The fourth-order valence-corrected chi connectivity index (χ4v) is 1.50. The fourth-order valence-electron chi connectivity index (χ4n) is 0.596. The van der Waals surface area contributed by atoms with E-state index in [1.807, 2.05) is 41.5 Å². The van der Waals surface area contributed by atoms with E-state index in [1.165, 1.54) is 0 Å². The first kappa shape index (κ1) is 24.7. The van der Waals surface area contributed by atoms with Gasteiger partial charge in [0.1, 0.15) is 11.2 Å². The average Bonchev–Trinajstić information content (AvgIpc) is 2.15. The van der Waals surface area contributed by atoms with Gasteiger partial charge in [-0.15, -0.1) is 0 Å². The van der Waals surface area contributed by atoms with Crippen LogP contribution in [0.5, 0.6) is 0 Å². The molecule has 0 N–H and O–H groups in total. The molecule has 0 saturated heterocycles. The van der Waals surface area contributed by atoms with Crippen molar-refractivity contribution in [1.82, 2.24) is 0 Å². The molecule has 0 aromatic heterocycles. The van der Waals surface area contributed by atoms with Crippen molar-refractivity contribution in [2.75, 3.05) is 0 Å². The van der Waals surface area contributed by atoms with E-state index in [-0.39, 0.29) is 37.0 Å². The zero-order valence-corrected chi connectivity index (χ0v) is 16.4. The molecule has 0 spiro atoms. The van der Waals surface area contributed by atoms with Crippen LogP contribution >= 0.6 is 24.4 Å². The van der Waals surface area contributed by atoms with E-state index in [0.29, 0.717) is 0 Å². The third kappa shape index (κ3) is 18.7. The molecule has 0 aliphatic rings. The van der Waals surface area contributed by atoms with Crippen LogP contribution in [0.25, 0.3) is 0 Å². The maximum atomic E-state index is 5.13. The van der Waals surface area contributed by atoms with Crippen molar-refractivity contribution in [3.63, 3.8) is 0 Å². The first-order valence-electron chi connectivity index (χ1n) is 5.75. The van der Waals surface area contributed by atoms with Gasteiger partial charge in [-0.2, -0.15) is 0 Å². The van der Waals surface area contributed by atoms with Crippen LogP contribution in [0.4, 0.5) is 0 Å². The SMILES string of the molecule is CCC(C)(C)OC(=S)[S-].CCC(C)(C)OC(=S)[S-].[Cu+2]. The minimum absolute atomic E-state index is 0. The Morgan fingerprint density at radius 1 is 0.842 bits per heavy atom. The number of rotatable bonds is 4. The maximum Gasteiger partial charge on any atom is 2.00 e. The summed E-state index contributed by atoms with van der Waals surface area (Å²) in [6, 6.07) is 0. The Balaban J connectivity index is -0.000000256. The van der Waals surface area contributed by atoms with E-state index in [2.05, 4.69) is 49.7 Å². The summed E-state index contributed by atoms with van der Waals surface area (Å²) < 4.78 is 10.7. The van der Waals surface area contributed by atoms with Crippen molar-refractivity contribution >= 4 is 58.5 Å². The van der Waals surface area contributed by atoms with Crippen molar-refractivity contribution in [3.8, 4) is 0 Å². The van der Waals surface area contributed by atoms with Gasteiger partial charge < -0.3 is 59.2 Å². The smallest absolute Gasteiger partial charge is 0.508 e. The molecule has 0 amide bonds. The standard InChI is InChI=1S/2C6H12OS2.Cu/c2*1-4-6(2,3)7-5(8)9;/h2*4H2,1-3H3,(H,8,9);/q;;+2/p-2. The monoisotopic (exact) mass is 389 g/mol. The predicted molar refractivity (Wildman–Crippen MR) is 90.8 cm³/mol. The third-order valence-electron chi connectivity index (χ3n) is 2.42. The Morgan fingerprint density at radius 3 is 1.11 bits per heavy atom. The maximum absolute atomic E-state index is 5.13. The zero-order valence-electron chi connectivity index (χ0n) is 12.2. The summed E-state index contributed by atoms with van der Waals surface area (Å²) in [7, 11) is 0. The molecular formula is C12H22CuO2S4. The topological polar surface area (TPSA) is 18.5 Å². The van der Waals surface area contributed by atoms with E-state index >= 15 is 0 Å². The van der Waals surface area contributed by atoms with Crippen molar-refractivity contribution in [1.29, 1.82) is 0 Å². The summed E-state index contributed by atoms with van der Waals surface area (Å²) in [4.78, 5) is 0. The molecule has 1 radical (unpaired) electrons. The second kappa shape index (κ2) is 11.4. The molecule has 0 heterocycles. The van der Waals surface area contributed by atoms with Gasteiger partial charge in [-0.3, -0.25) is 0 Å². The number of hydrogen-bond acceptors (Lipinski definition) is 6. The minimum Gasteiger partial charge on any atom is -0.508 e. The quantitative estimate of drug-likeness (QED) is 0.407. The number of hydrogen-bond donors (Lipinski definition) is 0. The molecule has 0 aromatic rings. The summed E-state index contributed by atoms with van der Waals surface area (Å²) in [5.74, 6) is 0. The predicted octanol–water partition coefficient (Wildman–Crippen LogP) is 4.04. The van der Waals surface area contributed by atoms with Crippen molar-refractivity contribution in [2.45, 2.75) is 65.6 Å². The van der Waals surface area contributed by atoms with Gasteiger partial charge in [0.2, 0.25) is 0 Å². The van der Waals surface area contributed by atoms with Crippen LogP contribution in [0.15, 0.2) is 0 Å². The zero-order chi connectivity index (χ0) is 15.0. The Hall–Kier alpha value is 0.739. The summed E-state index contributed by atoms with van der Waals surface area (Å²) in [6.07, 6.45) is 1.84. The Bertz CT molecular complexity index is 253. The molecule has 0 saturated carbocycles. The Labute approximate surface area is 150 Å². The van der Waals surface area contributed by atoms with E-state index in [0.717, 1.165) is 12.8 Å². The molecule has 7 heteroatoms. The largest absolute Gasteiger partial charge is 2.00 e. The van der Waals surface area contributed by atoms with Crippen molar-refractivity contribution in [2.24, 2.45) is 0 Å². The van der Waals surface area contributed by atoms with Gasteiger partial charge in [-0.1, -0.05) is 13.8 Å². The van der Waals surface area contributed by atoms with Crippen molar-refractivity contribution < 1.29 is 26.5 Å². The molecule has 0 aliphatic heterocycles. The third-order valence-corrected chi connectivity index (χ3v) is 2.76. The number of thiocarbonyl (C=S) groups is 2. The molecular weight excluding hydrogens is 368 g/mol. The van der Waals surface area contributed by atoms with Gasteiger partial charge in [0.15, 0.2) is 0 Å². The molecule has 0 fully saturated rings. The average molecular weight is 390 g/mol. The molecule has 0 unspecified atom stereocenters. The second-order valence-electron chi connectivity index (χ2n) is 4.93. The van der Waals surface area contributed by atoms with Crippen LogP contribution in [-0.4, -0.2) is 20.0 Å². The minimum atomic E-state index is -0.182. The summed E-state index contributed by atoms with van der Waals surface area (Å²) in [5.41, 5.74) is -0.363. The van der Waals surface area contributed by atoms with Gasteiger partial charge >= 0.3 is 17.1 Å². The molecule has 117 valence electrons. The number of ether oxygens (including phenoxy) is 2. The summed E-state index contributed by atoms with van der Waals surface area (Å²) >= 11 is 18.4. The Morgan fingerprint density at radius 2 is 1.05 bits per heavy atom. The van der Waals surface area contributed by atoms with E-state index in [1.54, 1.807) is 0 Å².